The fourth-order valence-corrected chi connectivity index (χ4v) is 7.85. The Morgan fingerprint density at radius 3 is 2.62 bits per heavy atom. The Kier molecular flexibility index (Phi) is 7.30. The van der Waals surface area contributed by atoms with Gasteiger partial charge in [0, 0.05) is 73.8 Å². The number of hydrogen-bond donors (Lipinski definition) is 2. The van der Waals surface area contributed by atoms with Crippen molar-refractivity contribution in [1.29, 1.82) is 0 Å². The Hall–Kier alpha value is -3.54. The highest BCUT2D eigenvalue weighted by molar-refractivity contribution is 6.13. The molecular formula is C34H41FN6O4. The van der Waals surface area contributed by atoms with Gasteiger partial charge in [-0.1, -0.05) is 13.0 Å². The number of piperazine rings is 1. The molecule has 3 saturated heterocycles. The number of aryl methyl sites for hydroxylation is 1. The van der Waals surface area contributed by atoms with Crippen molar-refractivity contribution in [3.8, 4) is 11.8 Å². The zero-order chi connectivity index (χ0) is 30.7. The molecule has 10 nitrogen and oxygen atoms in total. The molecule has 4 fully saturated rings. The number of aromatic nitrogens is 2. The summed E-state index contributed by atoms with van der Waals surface area (Å²) in [4.78, 5) is 30.6. The van der Waals surface area contributed by atoms with Gasteiger partial charge in [0.1, 0.15) is 23.1 Å². The van der Waals surface area contributed by atoms with Crippen LogP contribution in [0.15, 0.2) is 24.3 Å². The molecule has 2 bridgehead atoms. The number of phenols is 1. The summed E-state index contributed by atoms with van der Waals surface area (Å²) >= 11 is 0. The van der Waals surface area contributed by atoms with Gasteiger partial charge in [-0.15, -0.1) is 0 Å². The first kappa shape index (κ1) is 28.9. The van der Waals surface area contributed by atoms with Crippen LogP contribution in [-0.4, -0.2) is 97.1 Å². The lowest BCUT2D eigenvalue weighted by molar-refractivity contribution is 0.0231. The SMILES string of the molecule is CCc1c(F)ccc2cc(O)cc(N3CCc4c(nc(OCC5(CN6CCOCC6)CC5)nc4N4C[C@H]5CC[C@@H](C4)N5)C3=O)c12. The van der Waals surface area contributed by atoms with Crippen molar-refractivity contribution in [2.75, 3.05) is 68.9 Å². The number of nitrogens with zero attached hydrogens (tertiary/aromatic N) is 5. The van der Waals surface area contributed by atoms with E-state index in [1.54, 1.807) is 23.1 Å². The Morgan fingerprint density at radius 1 is 1.11 bits per heavy atom. The average molecular weight is 617 g/mol. The van der Waals surface area contributed by atoms with E-state index in [0.717, 1.165) is 83.0 Å². The first-order valence-corrected chi connectivity index (χ1v) is 16.5. The molecule has 8 rings (SSSR count). The molecule has 0 unspecified atom stereocenters. The lowest BCUT2D eigenvalue weighted by Crippen LogP contribution is -2.52. The van der Waals surface area contributed by atoms with Gasteiger partial charge in [0.05, 0.1) is 25.5 Å². The maximum atomic E-state index is 15.0. The number of benzene rings is 2. The molecule has 5 aliphatic rings. The third-order valence-corrected chi connectivity index (χ3v) is 10.4. The lowest BCUT2D eigenvalue weighted by Gasteiger charge is -2.37. The van der Waals surface area contributed by atoms with Gasteiger partial charge in [-0.2, -0.15) is 9.97 Å². The van der Waals surface area contributed by atoms with Gasteiger partial charge >= 0.3 is 6.01 Å². The van der Waals surface area contributed by atoms with E-state index >= 15 is 0 Å². The number of morpholine rings is 1. The van der Waals surface area contributed by atoms with E-state index in [-0.39, 0.29) is 28.9 Å². The van der Waals surface area contributed by atoms with Crippen molar-refractivity contribution in [3.63, 3.8) is 0 Å². The molecule has 11 heteroatoms. The summed E-state index contributed by atoms with van der Waals surface area (Å²) in [5.41, 5.74) is 2.27. The van der Waals surface area contributed by atoms with Crippen LogP contribution in [0.5, 0.6) is 11.8 Å². The van der Waals surface area contributed by atoms with Gasteiger partial charge in [-0.25, -0.2) is 4.39 Å². The Morgan fingerprint density at radius 2 is 1.89 bits per heavy atom. The van der Waals surface area contributed by atoms with Crippen LogP contribution in [0.3, 0.4) is 0 Å². The molecular weight excluding hydrogens is 575 g/mol. The van der Waals surface area contributed by atoms with Gasteiger partial charge < -0.3 is 29.7 Å². The zero-order valence-electron chi connectivity index (χ0n) is 25.9. The summed E-state index contributed by atoms with van der Waals surface area (Å²) in [5.74, 6) is 0.223. The molecule has 0 radical (unpaired) electrons. The fourth-order valence-electron chi connectivity index (χ4n) is 7.85. The van der Waals surface area contributed by atoms with Gasteiger partial charge in [0.2, 0.25) is 0 Å². The quantitative estimate of drug-likeness (QED) is 0.393. The van der Waals surface area contributed by atoms with Gasteiger partial charge in [-0.05, 0) is 61.6 Å². The fraction of sp³-hybridized carbons (Fsp3) is 0.559. The van der Waals surface area contributed by atoms with Crippen LogP contribution in [0.1, 0.15) is 54.2 Å². The molecule has 238 valence electrons. The molecule has 4 aliphatic heterocycles. The highest BCUT2D eigenvalue weighted by Gasteiger charge is 2.45. The normalized spacial score (nSPS) is 24.3. The predicted octanol–water partition coefficient (Wildman–Crippen LogP) is 3.67. The van der Waals surface area contributed by atoms with E-state index in [1.807, 2.05) is 6.92 Å². The van der Waals surface area contributed by atoms with Crippen LogP contribution in [0, 0.1) is 11.2 Å². The third kappa shape index (κ3) is 5.38. The average Bonchev–Trinajstić information content (AvgIpc) is 3.73. The maximum absolute atomic E-state index is 15.0. The number of carbonyl (C=O) groups is 1. The van der Waals surface area contributed by atoms with Gasteiger partial charge in [-0.3, -0.25) is 9.69 Å². The van der Waals surface area contributed by atoms with E-state index in [0.29, 0.717) is 65.8 Å². The molecule has 2 N–H and O–H groups in total. The summed E-state index contributed by atoms with van der Waals surface area (Å²) in [6, 6.07) is 7.31. The minimum absolute atomic E-state index is 0.0310. The molecule has 1 aliphatic carbocycles. The summed E-state index contributed by atoms with van der Waals surface area (Å²) in [6.45, 7) is 8.80. The number of carbonyl (C=O) groups excluding carboxylic acids is 1. The number of aromatic hydroxyl groups is 1. The van der Waals surface area contributed by atoms with Crippen LogP contribution >= 0.6 is 0 Å². The highest BCUT2D eigenvalue weighted by Crippen LogP contribution is 2.47. The molecule has 2 aromatic carbocycles. The van der Waals surface area contributed by atoms with Crippen LogP contribution in [0.4, 0.5) is 15.9 Å². The smallest absolute Gasteiger partial charge is 0.319 e. The molecule has 45 heavy (non-hydrogen) atoms. The minimum atomic E-state index is -0.318. The zero-order valence-corrected chi connectivity index (χ0v) is 25.9. The van der Waals surface area contributed by atoms with Crippen molar-refractivity contribution >= 4 is 28.2 Å². The molecule has 1 saturated carbocycles. The number of nitrogens with one attached hydrogen (secondary N) is 1. The Bertz CT molecular complexity index is 1630. The van der Waals surface area contributed by atoms with Crippen LogP contribution < -0.4 is 19.9 Å². The molecule has 3 aromatic rings. The van der Waals surface area contributed by atoms with Crippen molar-refractivity contribution in [2.24, 2.45) is 5.41 Å². The molecule has 1 amide bonds. The number of fused-ring (bicyclic) bond motifs is 4. The molecule has 0 spiro atoms. The number of ether oxygens (including phenoxy) is 2. The first-order chi connectivity index (χ1) is 21.9. The number of hydrogen-bond acceptors (Lipinski definition) is 9. The third-order valence-electron chi connectivity index (χ3n) is 10.4. The lowest BCUT2D eigenvalue weighted by atomic mass is 9.97. The van der Waals surface area contributed by atoms with Crippen LogP contribution in [0.25, 0.3) is 10.8 Å². The van der Waals surface area contributed by atoms with E-state index in [2.05, 4.69) is 15.1 Å². The summed E-state index contributed by atoms with van der Waals surface area (Å²) in [5, 5.41) is 15.7. The van der Waals surface area contributed by atoms with Gasteiger partial charge in [0.25, 0.3) is 5.91 Å². The topological polar surface area (TPSA) is 103 Å². The van der Waals surface area contributed by atoms with Crippen molar-refractivity contribution in [1.82, 2.24) is 20.2 Å². The number of amides is 1. The molecule has 1 aromatic heterocycles. The van der Waals surface area contributed by atoms with Crippen LogP contribution in [0.2, 0.25) is 0 Å². The van der Waals surface area contributed by atoms with Crippen molar-refractivity contribution < 1.29 is 23.8 Å². The second kappa shape index (κ2) is 11.4. The second-order valence-electron chi connectivity index (χ2n) is 13.5. The van der Waals surface area contributed by atoms with E-state index in [9.17, 15) is 14.3 Å². The van der Waals surface area contributed by atoms with Crippen LogP contribution in [-0.2, 0) is 17.6 Å². The maximum Gasteiger partial charge on any atom is 0.319 e. The van der Waals surface area contributed by atoms with Gasteiger partial charge in [0.15, 0.2) is 0 Å². The van der Waals surface area contributed by atoms with E-state index < -0.39 is 0 Å². The summed E-state index contributed by atoms with van der Waals surface area (Å²) in [6.07, 6.45) is 5.46. The van der Waals surface area contributed by atoms with E-state index in [4.69, 9.17) is 19.4 Å². The first-order valence-electron chi connectivity index (χ1n) is 16.5. The standard InChI is InChI=1S/C34H41FN6O4/c1-2-25-27(35)6-3-21-15-24(42)16-28(29(21)25)41-10-7-26-30(32(41)43)37-33(38-31(26)40-17-22-4-5-23(18-40)36-22)45-20-34(8-9-34)19-39-11-13-44-14-12-39/h3,6,15-16,22-23,36,42H,2,4-5,7-14,17-20H2,1H3/t22-,23+. The molecule has 2 atom stereocenters. The highest BCUT2D eigenvalue weighted by atomic mass is 19.1. The Labute approximate surface area is 262 Å². The predicted molar refractivity (Wildman–Crippen MR) is 169 cm³/mol. The number of halogens is 1. The minimum Gasteiger partial charge on any atom is -0.508 e. The second-order valence-corrected chi connectivity index (χ2v) is 13.5. The Balaban J connectivity index is 1.15. The summed E-state index contributed by atoms with van der Waals surface area (Å²) in [7, 11) is 0. The number of rotatable bonds is 8. The van der Waals surface area contributed by atoms with Crippen molar-refractivity contribution in [2.45, 2.75) is 57.5 Å². The van der Waals surface area contributed by atoms with E-state index in [1.165, 1.54) is 6.07 Å². The monoisotopic (exact) mass is 616 g/mol. The largest absolute Gasteiger partial charge is 0.508 e. The number of anilines is 2. The summed E-state index contributed by atoms with van der Waals surface area (Å²) < 4.78 is 26.9. The molecule has 5 heterocycles. The number of phenolic OH excluding ortho intramolecular Hbond substituents is 1. The van der Waals surface area contributed by atoms with Crippen molar-refractivity contribution in [3.05, 3.63) is 46.9 Å².